The predicted octanol–water partition coefficient (Wildman–Crippen LogP) is 0.906. The molecule has 154 valence electrons. The Labute approximate surface area is 169 Å². The Balaban J connectivity index is 1.26. The van der Waals surface area contributed by atoms with Gasteiger partial charge in [-0.05, 0) is 25.3 Å². The van der Waals surface area contributed by atoms with Gasteiger partial charge in [0.05, 0.1) is 12.1 Å². The molecule has 3 saturated heterocycles. The SMILES string of the molecule is C[C@H]1c2ccccc2O[C@H]1C(=O)N1C[C@@H]2C[C@H]1CN2C(=O)[C@@H]1CCCN1C(N)=O. The van der Waals surface area contributed by atoms with Crippen LogP contribution in [-0.4, -0.2) is 76.4 Å². The zero-order chi connectivity index (χ0) is 20.3. The van der Waals surface area contributed by atoms with Gasteiger partial charge >= 0.3 is 6.03 Å². The van der Waals surface area contributed by atoms with Crippen LogP contribution in [0.25, 0.3) is 0 Å². The Kier molecular flexibility index (Phi) is 4.18. The average molecular weight is 398 g/mol. The maximum absolute atomic E-state index is 13.2. The van der Waals surface area contributed by atoms with Gasteiger partial charge in [0.15, 0.2) is 6.10 Å². The minimum absolute atomic E-state index is 0.00543. The number of carbonyl (C=O) groups excluding carboxylic acids is 3. The molecule has 0 spiro atoms. The van der Waals surface area contributed by atoms with Crippen molar-refractivity contribution in [3.8, 4) is 5.75 Å². The number of nitrogens with zero attached hydrogens (tertiary/aromatic N) is 3. The molecule has 4 aliphatic rings. The molecule has 4 amide bonds. The number of para-hydroxylation sites is 1. The van der Waals surface area contributed by atoms with Gasteiger partial charge in [-0.15, -0.1) is 0 Å². The number of carbonyl (C=O) groups is 3. The van der Waals surface area contributed by atoms with Gasteiger partial charge in [0.1, 0.15) is 11.8 Å². The molecule has 0 radical (unpaired) electrons. The summed E-state index contributed by atoms with van der Waals surface area (Å²) >= 11 is 0. The van der Waals surface area contributed by atoms with E-state index in [4.69, 9.17) is 10.5 Å². The van der Waals surface area contributed by atoms with E-state index < -0.39 is 18.2 Å². The molecule has 0 aromatic heterocycles. The van der Waals surface area contributed by atoms with Crippen molar-refractivity contribution in [1.82, 2.24) is 14.7 Å². The van der Waals surface area contributed by atoms with Gasteiger partial charge in [0.25, 0.3) is 5.91 Å². The molecule has 4 aliphatic heterocycles. The highest BCUT2D eigenvalue weighted by Gasteiger charge is 2.52. The molecule has 29 heavy (non-hydrogen) atoms. The molecular weight excluding hydrogens is 372 g/mol. The number of benzene rings is 1. The Morgan fingerprint density at radius 2 is 1.72 bits per heavy atom. The fraction of sp³-hybridized carbons (Fsp3) is 0.571. The van der Waals surface area contributed by atoms with Crippen LogP contribution in [0.3, 0.4) is 0 Å². The summed E-state index contributed by atoms with van der Waals surface area (Å²) in [5, 5.41) is 0. The van der Waals surface area contributed by atoms with Gasteiger partial charge in [-0.3, -0.25) is 9.59 Å². The summed E-state index contributed by atoms with van der Waals surface area (Å²) in [6, 6.07) is 6.82. The van der Waals surface area contributed by atoms with Gasteiger partial charge in [-0.2, -0.15) is 0 Å². The van der Waals surface area contributed by atoms with Crippen LogP contribution in [0.15, 0.2) is 24.3 Å². The summed E-state index contributed by atoms with van der Waals surface area (Å²) in [5.74, 6) is 0.775. The maximum atomic E-state index is 13.2. The predicted molar refractivity (Wildman–Crippen MR) is 104 cm³/mol. The molecule has 2 N–H and O–H groups in total. The normalized spacial score (nSPS) is 32.4. The van der Waals surface area contributed by atoms with Gasteiger partial charge in [0.2, 0.25) is 5.91 Å². The highest BCUT2D eigenvalue weighted by atomic mass is 16.5. The summed E-state index contributed by atoms with van der Waals surface area (Å²) in [6.45, 7) is 3.61. The Bertz CT molecular complexity index is 874. The summed E-state index contributed by atoms with van der Waals surface area (Å²) in [6.07, 6.45) is 1.73. The van der Waals surface area contributed by atoms with E-state index in [1.807, 2.05) is 41.0 Å². The van der Waals surface area contributed by atoms with E-state index in [9.17, 15) is 14.4 Å². The summed E-state index contributed by atoms with van der Waals surface area (Å²) in [7, 11) is 0. The minimum Gasteiger partial charge on any atom is -0.480 e. The van der Waals surface area contributed by atoms with Gasteiger partial charge in [0, 0.05) is 31.1 Å². The van der Waals surface area contributed by atoms with Crippen molar-refractivity contribution in [3.63, 3.8) is 0 Å². The Morgan fingerprint density at radius 3 is 2.38 bits per heavy atom. The molecule has 5 atom stereocenters. The van der Waals surface area contributed by atoms with Gasteiger partial charge in [-0.1, -0.05) is 25.1 Å². The molecule has 3 fully saturated rings. The second kappa shape index (κ2) is 6.64. The molecule has 4 heterocycles. The summed E-state index contributed by atoms with van der Waals surface area (Å²) < 4.78 is 5.97. The average Bonchev–Trinajstić information content (AvgIpc) is 3.49. The summed E-state index contributed by atoms with van der Waals surface area (Å²) in [4.78, 5) is 43.1. The number of primary amides is 1. The second-order valence-electron chi connectivity index (χ2n) is 8.58. The first-order valence-electron chi connectivity index (χ1n) is 10.4. The van der Waals surface area contributed by atoms with Crippen molar-refractivity contribution < 1.29 is 19.1 Å². The Hall–Kier alpha value is -2.77. The smallest absolute Gasteiger partial charge is 0.315 e. The second-order valence-corrected chi connectivity index (χ2v) is 8.58. The number of piperazine rings is 1. The topological polar surface area (TPSA) is 96.2 Å². The van der Waals surface area contributed by atoms with Crippen molar-refractivity contribution in [2.75, 3.05) is 19.6 Å². The number of nitrogens with two attached hydrogens (primary N) is 1. The van der Waals surface area contributed by atoms with Gasteiger partial charge in [-0.25, -0.2) is 4.79 Å². The molecule has 1 aromatic carbocycles. The molecule has 0 aliphatic carbocycles. The van der Waals surface area contributed by atoms with Crippen LogP contribution in [0.5, 0.6) is 5.75 Å². The van der Waals surface area contributed by atoms with Crippen molar-refractivity contribution in [2.45, 2.75) is 56.3 Å². The number of ether oxygens (including phenoxy) is 1. The van der Waals surface area contributed by atoms with E-state index in [1.165, 1.54) is 4.90 Å². The zero-order valence-electron chi connectivity index (χ0n) is 16.5. The summed E-state index contributed by atoms with van der Waals surface area (Å²) in [5.41, 5.74) is 6.50. The quantitative estimate of drug-likeness (QED) is 0.801. The monoisotopic (exact) mass is 398 g/mol. The molecule has 0 unspecified atom stereocenters. The van der Waals surface area contributed by atoms with E-state index in [-0.39, 0.29) is 29.8 Å². The fourth-order valence-electron chi connectivity index (χ4n) is 5.48. The number of hydrogen-bond donors (Lipinski definition) is 1. The van der Waals surface area contributed by atoms with Crippen LogP contribution < -0.4 is 10.5 Å². The van der Waals surface area contributed by atoms with Crippen LogP contribution in [0.4, 0.5) is 4.79 Å². The van der Waals surface area contributed by atoms with Gasteiger partial charge < -0.3 is 25.2 Å². The van der Waals surface area contributed by atoms with E-state index in [2.05, 4.69) is 0 Å². The first-order chi connectivity index (χ1) is 14.0. The van der Waals surface area contributed by atoms with E-state index >= 15 is 0 Å². The maximum Gasteiger partial charge on any atom is 0.315 e. The van der Waals surface area contributed by atoms with Crippen LogP contribution in [0.1, 0.15) is 37.7 Å². The first kappa shape index (κ1) is 18.3. The lowest BCUT2D eigenvalue weighted by molar-refractivity contribution is -0.145. The highest BCUT2D eigenvalue weighted by Crippen LogP contribution is 2.40. The minimum atomic E-state index is -0.533. The van der Waals surface area contributed by atoms with Crippen molar-refractivity contribution in [2.24, 2.45) is 5.73 Å². The molecule has 2 bridgehead atoms. The fourth-order valence-corrected chi connectivity index (χ4v) is 5.48. The lowest BCUT2D eigenvalue weighted by Crippen LogP contribution is -2.57. The molecular formula is C21H26N4O4. The van der Waals surface area contributed by atoms with Crippen LogP contribution >= 0.6 is 0 Å². The van der Waals surface area contributed by atoms with E-state index in [0.29, 0.717) is 26.1 Å². The number of fused-ring (bicyclic) bond motifs is 3. The third-order valence-electron chi connectivity index (χ3n) is 6.99. The third kappa shape index (κ3) is 2.76. The number of likely N-dealkylation sites (tertiary alicyclic amines) is 3. The van der Waals surface area contributed by atoms with Crippen LogP contribution in [-0.2, 0) is 9.59 Å². The standard InChI is InChI=1S/C21H26N4O4/c1-12-15-5-2-3-7-17(15)29-18(12)20(27)25-11-13-9-14(25)10-24(13)19(26)16-6-4-8-23(16)21(22)28/h2-3,5,7,12-14,16,18H,4,6,8-11H2,1H3,(H2,22,28)/t12-,13-,14-,16-,18+/m0/s1. The zero-order valence-corrected chi connectivity index (χ0v) is 16.5. The third-order valence-corrected chi connectivity index (χ3v) is 6.99. The van der Waals surface area contributed by atoms with Crippen molar-refractivity contribution in [3.05, 3.63) is 29.8 Å². The van der Waals surface area contributed by atoms with Crippen molar-refractivity contribution >= 4 is 17.8 Å². The van der Waals surface area contributed by atoms with E-state index in [0.717, 1.165) is 24.2 Å². The highest BCUT2D eigenvalue weighted by molar-refractivity contribution is 5.89. The Morgan fingerprint density at radius 1 is 1.03 bits per heavy atom. The lowest BCUT2D eigenvalue weighted by atomic mass is 9.96. The lowest BCUT2D eigenvalue weighted by Gasteiger charge is -2.37. The number of rotatable bonds is 2. The molecule has 1 aromatic rings. The molecule has 5 rings (SSSR count). The first-order valence-corrected chi connectivity index (χ1v) is 10.4. The molecule has 8 nitrogen and oxygen atoms in total. The molecule has 8 heteroatoms. The number of amides is 4. The van der Waals surface area contributed by atoms with Crippen LogP contribution in [0, 0.1) is 0 Å². The van der Waals surface area contributed by atoms with E-state index in [1.54, 1.807) is 0 Å². The molecule has 0 saturated carbocycles. The number of urea groups is 1. The van der Waals surface area contributed by atoms with Crippen LogP contribution in [0.2, 0.25) is 0 Å². The van der Waals surface area contributed by atoms with Crippen molar-refractivity contribution in [1.29, 1.82) is 0 Å². The largest absolute Gasteiger partial charge is 0.480 e. The number of hydrogen-bond acceptors (Lipinski definition) is 4.